The molecule has 4 rings (SSSR count). The molecular formula is C24H17Cl2F3N4O3. The molecule has 1 aromatic heterocycles. The van der Waals surface area contributed by atoms with Gasteiger partial charge in [0.1, 0.15) is 12.1 Å². The Morgan fingerprint density at radius 2 is 1.61 bits per heavy atom. The predicted octanol–water partition coefficient (Wildman–Crippen LogP) is 6.02. The van der Waals surface area contributed by atoms with Crippen LogP contribution >= 0.6 is 23.2 Å². The summed E-state index contributed by atoms with van der Waals surface area (Å²) < 4.78 is 43.2. The second-order valence-corrected chi connectivity index (χ2v) is 8.43. The minimum atomic E-state index is -4.84. The van der Waals surface area contributed by atoms with Gasteiger partial charge in [-0.25, -0.2) is 9.67 Å². The lowest BCUT2D eigenvalue weighted by Gasteiger charge is -2.22. The molecule has 12 heteroatoms. The highest BCUT2D eigenvalue weighted by molar-refractivity contribution is 6.37. The summed E-state index contributed by atoms with van der Waals surface area (Å²) in [5, 5.41) is 14.0. The number of carbonyl (C=O) groups excluding carboxylic acids is 1. The van der Waals surface area contributed by atoms with E-state index in [4.69, 9.17) is 23.2 Å². The molecule has 0 saturated carbocycles. The number of alkyl halides is 3. The van der Waals surface area contributed by atoms with Gasteiger partial charge in [0.05, 0.1) is 15.7 Å². The lowest BCUT2D eigenvalue weighted by atomic mass is 10.1. The molecule has 0 unspecified atom stereocenters. The predicted molar refractivity (Wildman–Crippen MR) is 126 cm³/mol. The van der Waals surface area contributed by atoms with Crippen LogP contribution in [0.1, 0.15) is 21.7 Å². The van der Waals surface area contributed by atoms with Crippen molar-refractivity contribution in [3.8, 4) is 17.2 Å². The van der Waals surface area contributed by atoms with E-state index in [0.717, 1.165) is 5.56 Å². The first kappa shape index (κ1) is 25.3. The van der Waals surface area contributed by atoms with Gasteiger partial charge in [-0.05, 0) is 35.4 Å². The number of carbonyl (C=O) groups is 1. The van der Waals surface area contributed by atoms with Gasteiger partial charge in [-0.1, -0.05) is 65.7 Å². The van der Waals surface area contributed by atoms with Gasteiger partial charge in [0.2, 0.25) is 5.82 Å². The van der Waals surface area contributed by atoms with E-state index in [1.807, 2.05) is 18.2 Å². The highest BCUT2D eigenvalue weighted by Gasteiger charge is 2.31. The third-order valence-electron chi connectivity index (χ3n) is 4.96. The zero-order chi connectivity index (χ0) is 25.9. The molecule has 4 aromatic rings. The maximum atomic E-state index is 13.4. The van der Waals surface area contributed by atoms with Gasteiger partial charge in [0.25, 0.3) is 5.91 Å². The summed E-state index contributed by atoms with van der Waals surface area (Å²) in [6.45, 7) is 0.115. The first-order valence-corrected chi connectivity index (χ1v) is 11.1. The second kappa shape index (κ2) is 10.5. The Morgan fingerprint density at radius 1 is 0.972 bits per heavy atom. The van der Waals surface area contributed by atoms with E-state index in [-0.39, 0.29) is 34.7 Å². The monoisotopic (exact) mass is 536 g/mol. The Morgan fingerprint density at radius 3 is 2.28 bits per heavy atom. The van der Waals surface area contributed by atoms with E-state index in [1.165, 1.54) is 46.2 Å². The molecule has 0 spiro atoms. The fourth-order valence-electron chi connectivity index (χ4n) is 3.38. The molecule has 0 aliphatic heterocycles. The number of nitrogens with zero attached hydrogens (tertiary/aromatic N) is 4. The number of aromatic hydroxyl groups is 1. The lowest BCUT2D eigenvalue weighted by molar-refractivity contribution is -0.274. The summed E-state index contributed by atoms with van der Waals surface area (Å²) in [6.07, 6.45) is -3.56. The zero-order valence-corrected chi connectivity index (χ0v) is 19.8. The average Bonchev–Trinajstić information content (AvgIpc) is 3.31. The minimum absolute atomic E-state index is 0.00691. The molecule has 1 heterocycles. The molecule has 7 nitrogen and oxygen atoms in total. The van der Waals surface area contributed by atoms with Crippen LogP contribution in [-0.2, 0) is 13.1 Å². The number of rotatable bonds is 7. The average molecular weight is 537 g/mol. The molecule has 1 amide bonds. The van der Waals surface area contributed by atoms with Gasteiger partial charge in [-0.2, -0.15) is 0 Å². The summed E-state index contributed by atoms with van der Waals surface area (Å²) in [5.74, 6) is -1.40. The van der Waals surface area contributed by atoms with Crippen LogP contribution in [-0.4, -0.2) is 37.0 Å². The maximum Gasteiger partial charge on any atom is 0.573 e. The lowest BCUT2D eigenvalue weighted by Crippen LogP contribution is -2.31. The Balaban J connectivity index is 1.62. The number of halogens is 5. The van der Waals surface area contributed by atoms with Crippen LogP contribution < -0.4 is 4.74 Å². The molecule has 0 atom stereocenters. The normalized spacial score (nSPS) is 11.4. The van der Waals surface area contributed by atoms with Crippen LogP contribution in [0.5, 0.6) is 11.5 Å². The second-order valence-electron chi connectivity index (χ2n) is 7.61. The fourth-order valence-corrected chi connectivity index (χ4v) is 3.85. The van der Waals surface area contributed by atoms with Gasteiger partial charge in [0.15, 0.2) is 5.75 Å². The van der Waals surface area contributed by atoms with Crippen LogP contribution in [0.25, 0.3) is 5.69 Å². The van der Waals surface area contributed by atoms with Crippen molar-refractivity contribution < 1.29 is 27.8 Å². The Kier molecular flexibility index (Phi) is 7.37. The van der Waals surface area contributed by atoms with Crippen molar-refractivity contribution >= 4 is 29.1 Å². The fraction of sp³-hybridized carbons (Fsp3) is 0.125. The third kappa shape index (κ3) is 6.27. The molecule has 36 heavy (non-hydrogen) atoms. The van der Waals surface area contributed by atoms with E-state index in [1.54, 1.807) is 18.2 Å². The summed E-state index contributed by atoms with van der Waals surface area (Å²) in [7, 11) is 0. The van der Waals surface area contributed by atoms with Crippen molar-refractivity contribution in [1.82, 2.24) is 19.7 Å². The van der Waals surface area contributed by atoms with Crippen molar-refractivity contribution in [1.29, 1.82) is 0 Å². The number of phenols is 1. The van der Waals surface area contributed by atoms with Gasteiger partial charge < -0.3 is 14.7 Å². The Bertz CT molecular complexity index is 1360. The van der Waals surface area contributed by atoms with E-state index >= 15 is 0 Å². The number of ether oxygens (including phenoxy) is 1. The highest BCUT2D eigenvalue weighted by atomic mass is 35.5. The van der Waals surface area contributed by atoms with E-state index in [0.29, 0.717) is 11.3 Å². The van der Waals surface area contributed by atoms with Crippen LogP contribution in [0.3, 0.4) is 0 Å². The first-order valence-electron chi connectivity index (χ1n) is 10.4. The van der Waals surface area contributed by atoms with Gasteiger partial charge in [-0.3, -0.25) is 4.79 Å². The number of hydrogen-bond donors (Lipinski definition) is 1. The minimum Gasteiger partial charge on any atom is -0.505 e. The Hall–Kier alpha value is -3.76. The summed E-state index contributed by atoms with van der Waals surface area (Å²) in [5.41, 5.74) is 1.57. The summed E-state index contributed by atoms with van der Waals surface area (Å²) >= 11 is 11.9. The number of aromatic nitrogens is 3. The molecule has 0 aliphatic rings. The summed E-state index contributed by atoms with van der Waals surface area (Å²) in [4.78, 5) is 18.9. The first-order chi connectivity index (χ1) is 17.1. The number of hydrogen-bond acceptors (Lipinski definition) is 5. The number of phenolic OH excluding ortho intramolecular Hbond substituents is 1. The van der Waals surface area contributed by atoms with E-state index in [2.05, 4.69) is 14.8 Å². The topological polar surface area (TPSA) is 80.5 Å². The van der Waals surface area contributed by atoms with Gasteiger partial charge >= 0.3 is 6.36 Å². The zero-order valence-electron chi connectivity index (χ0n) is 18.3. The van der Waals surface area contributed by atoms with Crippen molar-refractivity contribution in [2.45, 2.75) is 19.5 Å². The smallest absolute Gasteiger partial charge is 0.505 e. The van der Waals surface area contributed by atoms with Crippen LogP contribution in [0.2, 0.25) is 10.0 Å². The molecule has 186 valence electrons. The molecule has 1 N–H and O–H groups in total. The maximum absolute atomic E-state index is 13.4. The van der Waals surface area contributed by atoms with Crippen molar-refractivity contribution in [2.24, 2.45) is 0 Å². The van der Waals surface area contributed by atoms with Crippen LogP contribution in [0.4, 0.5) is 13.2 Å². The molecule has 0 aliphatic carbocycles. The molecule has 0 saturated heterocycles. The molecule has 3 aromatic carbocycles. The molecular weight excluding hydrogens is 520 g/mol. The Labute approximate surface area is 213 Å². The van der Waals surface area contributed by atoms with Crippen LogP contribution in [0.15, 0.2) is 73.1 Å². The largest absolute Gasteiger partial charge is 0.573 e. The van der Waals surface area contributed by atoms with Crippen molar-refractivity contribution in [2.75, 3.05) is 0 Å². The van der Waals surface area contributed by atoms with Gasteiger partial charge in [0, 0.05) is 13.1 Å². The molecule has 0 fully saturated rings. The quantitative estimate of drug-likeness (QED) is 0.312. The van der Waals surface area contributed by atoms with Gasteiger partial charge in [-0.15, -0.1) is 18.3 Å². The third-order valence-corrected chi connectivity index (χ3v) is 5.53. The number of amides is 1. The summed E-state index contributed by atoms with van der Waals surface area (Å²) in [6, 6.07) is 17.3. The molecule has 0 radical (unpaired) electrons. The van der Waals surface area contributed by atoms with E-state index in [9.17, 15) is 23.1 Å². The standard InChI is InChI=1S/C24H17Cl2F3N4O3/c25-19-10-17(11-20(26)21(19)34)33-14-30-22(31-33)23(35)32(12-15-5-2-1-3-6-15)13-16-7-4-8-18(9-16)36-24(27,28)29/h1-11,14,34H,12-13H2. The SMILES string of the molecule is O=C(c1ncn(-c2cc(Cl)c(O)c(Cl)c2)n1)N(Cc1ccccc1)Cc1cccc(OC(F)(F)F)c1. The number of benzene rings is 3. The van der Waals surface area contributed by atoms with E-state index < -0.39 is 18.0 Å². The van der Waals surface area contributed by atoms with Crippen molar-refractivity contribution in [3.05, 3.63) is 100 Å². The van der Waals surface area contributed by atoms with Crippen molar-refractivity contribution in [3.63, 3.8) is 0 Å². The highest BCUT2D eigenvalue weighted by Crippen LogP contribution is 2.33. The van der Waals surface area contributed by atoms with Crippen LogP contribution in [0, 0.1) is 0 Å². The molecule has 0 bridgehead atoms.